The lowest BCUT2D eigenvalue weighted by Gasteiger charge is -2.29. The van der Waals surface area contributed by atoms with Crippen molar-refractivity contribution in [2.24, 2.45) is 0 Å². The van der Waals surface area contributed by atoms with Gasteiger partial charge in [-0.05, 0) is 42.6 Å². The second-order valence-electron chi connectivity index (χ2n) is 4.76. The highest BCUT2D eigenvalue weighted by atomic mass is 16.5. The first-order valence-corrected chi connectivity index (χ1v) is 6.61. The fourth-order valence-electron chi connectivity index (χ4n) is 2.51. The van der Waals surface area contributed by atoms with Gasteiger partial charge in [0.05, 0.1) is 20.3 Å². The van der Waals surface area contributed by atoms with E-state index in [4.69, 9.17) is 14.7 Å². The number of unbranched alkanes of at least 4 members (excludes halogenated alkanes) is 1. The minimum atomic E-state index is 0.634. The molecule has 0 fully saturated rings. The van der Waals surface area contributed by atoms with E-state index in [2.05, 4.69) is 23.1 Å². The highest BCUT2D eigenvalue weighted by molar-refractivity contribution is 5.48. The van der Waals surface area contributed by atoms with Crippen molar-refractivity contribution >= 4 is 0 Å². The Bertz CT molecular complexity index is 480. The van der Waals surface area contributed by atoms with Crippen LogP contribution in [0, 0.1) is 11.3 Å². The lowest BCUT2D eigenvalue weighted by atomic mass is 9.98. The van der Waals surface area contributed by atoms with E-state index in [-0.39, 0.29) is 0 Å². The number of nitriles is 1. The van der Waals surface area contributed by atoms with E-state index < -0.39 is 0 Å². The topological polar surface area (TPSA) is 45.5 Å². The Kier molecular flexibility index (Phi) is 4.64. The zero-order chi connectivity index (χ0) is 13.7. The SMILES string of the molecule is COc1cc2c(cc1OC)CN(CCCC#N)CC2. The molecule has 1 heterocycles. The van der Waals surface area contributed by atoms with Crippen LogP contribution in [0.2, 0.25) is 0 Å². The van der Waals surface area contributed by atoms with Gasteiger partial charge in [-0.2, -0.15) is 5.26 Å². The Morgan fingerprint density at radius 1 is 1.21 bits per heavy atom. The van der Waals surface area contributed by atoms with Crippen molar-refractivity contribution in [3.8, 4) is 17.6 Å². The Labute approximate surface area is 114 Å². The van der Waals surface area contributed by atoms with Crippen molar-refractivity contribution in [1.82, 2.24) is 4.90 Å². The van der Waals surface area contributed by atoms with Crippen molar-refractivity contribution in [2.45, 2.75) is 25.8 Å². The van der Waals surface area contributed by atoms with Crippen LogP contribution in [0.1, 0.15) is 24.0 Å². The molecule has 1 aliphatic heterocycles. The predicted octanol–water partition coefficient (Wildman–Crippen LogP) is 2.37. The molecule has 4 heteroatoms. The third-order valence-electron chi connectivity index (χ3n) is 3.56. The number of nitrogens with zero attached hydrogens (tertiary/aromatic N) is 2. The smallest absolute Gasteiger partial charge is 0.161 e. The summed E-state index contributed by atoms with van der Waals surface area (Å²) in [7, 11) is 3.33. The number of rotatable bonds is 5. The van der Waals surface area contributed by atoms with E-state index in [1.807, 2.05) is 0 Å². The van der Waals surface area contributed by atoms with Gasteiger partial charge in [-0.15, -0.1) is 0 Å². The van der Waals surface area contributed by atoms with E-state index in [0.29, 0.717) is 6.42 Å². The Morgan fingerprint density at radius 2 is 1.89 bits per heavy atom. The summed E-state index contributed by atoms with van der Waals surface area (Å²) in [6.45, 7) is 2.97. The second kappa shape index (κ2) is 6.44. The maximum absolute atomic E-state index is 8.58. The van der Waals surface area contributed by atoms with Gasteiger partial charge in [0.15, 0.2) is 11.5 Å². The van der Waals surface area contributed by atoms with Gasteiger partial charge in [0, 0.05) is 19.5 Å². The molecule has 0 bridgehead atoms. The summed E-state index contributed by atoms with van der Waals surface area (Å²) in [4.78, 5) is 2.39. The van der Waals surface area contributed by atoms with Gasteiger partial charge in [-0.1, -0.05) is 0 Å². The molecule has 0 aromatic heterocycles. The summed E-state index contributed by atoms with van der Waals surface area (Å²) in [6.07, 6.45) is 2.61. The number of methoxy groups -OCH3 is 2. The van der Waals surface area contributed by atoms with Gasteiger partial charge in [-0.3, -0.25) is 4.90 Å². The highest BCUT2D eigenvalue weighted by Gasteiger charge is 2.18. The van der Waals surface area contributed by atoms with Gasteiger partial charge < -0.3 is 9.47 Å². The summed E-state index contributed by atoms with van der Waals surface area (Å²) in [6, 6.07) is 6.35. The number of ether oxygens (including phenoxy) is 2. The number of hydrogen-bond donors (Lipinski definition) is 0. The number of benzene rings is 1. The van der Waals surface area contributed by atoms with Gasteiger partial charge in [0.1, 0.15) is 0 Å². The van der Waals surface area contributed by atoms with Gasteiger partial charge in [-0.25, -0.2) is 0 Å². The van der Waals surface area contributed by atoms with E-state index in [9.17, 15) is 0 Å². The van der Waals surface area contributed by atoms with Gasteiger partial charge in [0.25, 0.3) is 0 Å². The molecule has 0 spiro atoms. The average molecular weight is 260 g/mol. The molecule has 4 nitrogen and oxygen atoms in total. The maximum atomic E-state index is 8.58. The molecule has 0 saturated heterocycles. The van der Waals surface area contributed by atoms with Crippen LogP contribution >= 0.6 is 0 Å². The molecular weight excluding hydrogens is 240 g/mol. The summed E-state index contributed by atoms with van der Waals surface area (Å²) in [5, 5.41) is 8.58. The molecule has 1 aromatic rings. The molecule has 0 radical (unpaired) electrons. The first-order valence-electron chi connectivity index (χ1n) is 6.61. The van der Waals surface area contributed by atoms with Crippen LogP contribution in [0.5, 0.6) is 11.5 Å². The standard InChI is InChI=1S/C15H20N2O2/c1-18-14-9-12-5-8-17(7-4-3-6-16)11-13(12)10-15(14)19-2/h9-10H,3-5,7-8,11H2,1-2H3. The van der Waals surface area contributed by atoms with E-state index in [0.717, 1.165) is 44.0 Å². The molecule has 0 amide bonds. The lowest BCUT2D eigenvalue weighted by Crippen LogP contribution is -2.31. The van der Waals surface area contributed by atoms with Crippen LogP contribution in [-0.2, 0) is 13.0 Å². The molecule has 102 valence electrons. The molecule has 1 aromatic carbocycles. The zero-order valence-electron chi connectivity index (χ0n) is 11.6. The Balaban J connectivity index is 2.09. The molecule has 2 rings (SSSR count). The van der Waals surface area contributed by atoms with Crippen LogP contribution in [0.4, 0.5) is 0 Å². The lowest BCUT2D eigenvalue weighted by molar-refractivity contribution is 0.250. The molecule has 0 N–H and O–H groups in total. The van der Waals surface area contributed by atoms with E-state index >= 15 is 0 Å². The third-order valence-corrected chi connectivity index (χ3v) is 3.56. The van der Waals surface area contributed by atoms with Crippen molar-refractivity contribution in [3.05, 3.63) is 23.3 Å². The van der Waals surface area contributed by atoms with Crippen LogP contribution < -0.4 is 9.47 Å². The minimum Gasteiger partial charge on any atom is -0.493 e. The van der Waals surface area contributed by atoms with Crippen LogP contribution in [0.25, 0.3) is 0 Å². The first kappa shape index (κ1) is 13.7. The summed E-state index contributed by atoms with van der Waals surface area (Å²) < 4.78 is 10.7. The highest BCUT2D eigenvalue weighted by Crippen LogP contribution is 2.33. The van der Waals surface area contributed by atoms with Gasteiger partial charge >= 0.3 is 0 Å². The third kappa shape index (κ3) is 3.18. The average Bonchev–Trinajstić information content (AvgIpc) is 2.46. The maximum Gasteiger partial charge on any atom is 0.161 e. The predicted molar refractivity (Wildman–Crippen MR) is 73.4 cm³/mol. The Hall–Kier alpha value is -1.73. The van der Waals surface area contributed by atoms with Crippen molar-refractivity contribution in [3.63, 3.8) is 0 Å². The van der Waals surface area contributed by atoms with Crippen molar-refractivity contribution in [2.75, 3.05) is 27.3 Å². The van der Waals surface area contributed by atoms with E-state index in [1.54, 1.807) is 14.2 Å². The summed E-state index contributed by atoms with van der Waals surface area (Å²) >= 11 is 0. The van der Waals surface area contributed by atoms with Crippen molar-refractivity contribution < 1.29 is 9.47 Å². The molecule has 0 atom stereocenters. The van der Waals surface area contributed by atoms with Gasteiger partial charge in [0.2, 0.25) is 0 Å². The van der Waals surface area contributed by atoms with Crippen LogP contribution in [0.3, 0.4) is 0 Å². The molecule has 0 unspecified atom stereocenters. The van der Waals surface area contributed by atoms with Crippen LogP contribution in [-0.4, -0.2) is 32.2 Å². The minimum absolute atomic E-state index is 0.634. The molecule has 19 heavy (non-hydrogen) atoms. The monoisotopic (exact) mass is 260 g/mol. The molecular formula is C15H20N2O2. The number of hydrogen-bond acceptors (Lipinski definition) is 4. The first-order chi connectivity index (χ1) is 9.28. The zero-order valence-corrected chi connectivity index (χ0v) is 11.6. The fourth-order valence-corrected chi connectivity index (χ4v) is 2.51. The normalized spacial score (nSPS) is 14.6. The molecule has 0 saturated carbocycles. The number of fused-ring (bicyclic) bond motifs is 1. The second-order valence-corrected chi connectivity index (χ2v) is 4.76. The van der Waals surface area contributed by atoms with Crippen molar-refractivity contribution in [1.29, 1.82) is 5.26 Å². The van der Waals surface area contributed by atoms with Crippen LogP contribution in [0.15, 0.2) is 12.1 Å². The fraction of sp³-hybridized carbons (Fsp3) is 0.533. The molecule has 1 aliphatic rings. The summed E-state index contributed by atoms with van der Waals surface area (Å²) in [5.41, 5.74) is 2.65. The summed E-state index contributed by atoms with van der Waals surface area (Å²) in [5.74, 6) is 1.60. The van der Waals surface area contributed by atoms with E-state index in [1.165, 1.54) is 11.1 Å². The molecule has 0 aliphatic carbocycles. The largest absolute Gasteiger partial charge is 0.493 e. The Morgan fingerprint density at radius 3 is 2.53 bits per heavy atom. The quantitative estimate of drug-likeness (QED) is 0.762.